The van der Waals surface area contributed by atoms with Crippen LogP contribution in [0.25, 0.3) is 0 Å². The molecule has 0 aliphatic rings. The fraction of sp³-hybridized carbons (Fsp3) is 0.364. The summed E-state index contributed by atoms with van der Waals surface area (Å²) in [5.74, 6) is 0.993. The van der Waals surface area contributed by atoms with Gasteiger partial charge in [0, 0.05) is 18.8 Å². The van der Waals surface area contributed by atoms with Gasteiger partial charge in [-0.25, -0.2) is 0 Å². The zero-order chi connectivity index (χ0) is 19.6. The van der Waals surface area contributed by atoms with Crippen molar-refractivity contribution in [1.82, 2.24) is 10.2 Å². The summed E-state index contributed by atoms with van der Waals surface area (Å²) < 4.78 is 0. The molecule has 0 heterocycles. The summed E-state index contributed by atoms with van der Waals surface area (Å²) in [5.41, 5.74) is 3.37. The quantitative estimate of drug-likeness (QED) is 0.716. The molecule has 0 fully saturated rings. The molecule has 0 aliphatic carbocycles. The number of likely N-dealkylation sites (N-methyl/N-ethyl adjacent to an activating group) is 1. The highest BCUT2D eigenvalue weighted by Gasteiger charge is 2.25. The average molecular weight is 385 g/mol. The molecule has 0 saturated heterocycles. The number of hydrogen-bond acceptors (Lipinski definition) is 3. The van der Waals surface area contributed by atoms with Crippen LogP contribution in [0.4, 0.5) is 0 Å². The SMILES string of the molecule is CCNC(=O)[C@H](C)N(Cc1cccc(C)c1)C(=O)CSCc1ccccc1. The first kappa shape index (κ1) is 21.0. The molecule has 5 heteroatoms. The summed E-state index contributed by atoms with van der Waals surface area (Å²) >= 11 is 1.58. The zero-order valence-corrected chi connectivity index (χ0v) is 17.1. The number of carbonyl (C=O) groups excluding carboxylic acids is 2. The Labute approximate surface area is 166 Å². The van der Waals surface area contributed by atoms with Crippen LogP contribution in [0.15, 0.2) is 54.6 Å². The Balaban J connectivity index is 2.05. The third-order valence-electron chi connectivity index (χ3n) is 4.29. The van der Waals surface area contributed by atoms with Gasteiger partial charge in [0.2, 0.25) is 11.8 Å². The predicted octanol–water partition coefficient (Wildman–Crippen LogP) is 3.78. The van der Waals surface area contributed by atoms with Crippen LogP contribution in [0.2, 0.25) is 0 Å². The lowest BCUT2D eigenvalue weighted by Crippen LogP contribution is -2.48. The van der Waals surface area contributed by atoms with Crippen LogP contribution in [-0.2, 0) is 21.9 Å². The predicted molar refractivity (Wildman–Crippen MR) is 112 cm³/mol. The van der Waals surface area contributed by atoms with E-state index >= 15 is 0 Å². The molecule has 0 aromatic heterocycles. The van der Waals surface area contributed by atoms with Crippen LogP contribution in [0.3, 0.4) is 0 Å². The van der Waals surface area contributed by atoms with Crippen molar-refractivity contribution in [3.05, 3.63) is 71.3 Å². The van der Waals surface area contributed by atoms with Gasteiger partial charge in [0.05, 0.1) is 5.75 Å². The minimum Gasteiger partial charge on any atom is -0.355 e. The molecule has 0 radical (unpaired) electrons. The average Bonchev–Trinajstić information content (AvgIpc) is 2.66. The third-order valence-corrected chi connectivity index (χ3v) is 5.28. The molecular formula is C22H28N2O2S. The second-order valence-electron chi connectivity index (χ2n) is 6.56. The van der Waals surface area contributed by atoms with Gasteiger partial charge in [-0.2, -0.15) is 0 Å². The summed E-state index contributed by atoms with van der Waals surface area (Å²) in [5, 5.41) is 2.82. The van der Waals surface area contributed by atoms with E-state index in [9.17, 15) is 9.59 Å². The number of benzene rings is 2. The van der Waals surface area contributed by atoms with E-state index in [4.69, 9.17) is 0 Å². The highest BCUT2D eigenvalue weighted by molar-refractivity contribution is 7.99. The summed E-state index contributed by atoms with van der Waals surface area (Å²) in [6, 6.07) is 17.6. The Bertz CT molecular complexity index is 749. The van der Waals surface area contributed by atoms with E-state index < -0.39 is 6.04 Å². The molecule has 2 aromatic carbocycles. The second-order valence-corrected chi connectivity index (χ2v) is 7.55. The number of rotatable bonds is 9. The Morgan fingerprint density at radius 3 is 2.44 bits per heavy atom. The van der Waals surface area contributed by atoms with Crippen molar-refractivity contribution in [2.24, 2.45) is 0 Å². The number of carbonyl (C=O) groups is 2. The van der Waals surface area contributed by atoms with Crippen LogP contribution in [-0.4, -0.2) is 35.1 Å². The van der Waals surface area contributed by atoms with Gasteiger partial charge in [-0.05, 0) is 31.9 Å². The van der Waals surface area contributed by atoms with E-state index in [1.807, 2.05) is 50.2 Å². The van der Waals surface area contributed by atoms with Gasteiger partial charge >= 0.3 is 0 Å². The van der Waals surface area contributed by atoms with Gasteiger partial charge in [-0.1, -0.05) is 60.2 Å². The Morgan fingerprint density at radius 1 is 1.07 bits per heavy atom. The van der Waals surface area contributed by atoms with Crippen molar-refractivity contribution >= 4 is 23.6 Å². The molecule has 2 aromatic rings. The molecule has 144 valence electrons. The Kier molecular flexibility index (Phi) is 8.40. The van der Waals surface area contributed by atoms with Gasteiger partial charge < -0.3 is 10.2 Å². The van der Waals surface area contributed by atoms with Crippen molar-refractivity contribution in [1.29, 1.82) is 0 Å². The number of thioether (sulfide) groups is 1. The summed E-state index contributed by atoms with van der Waals surface area (Å²) in [6.07, 6.45) is 0. The Morgan fingerprint density at radius 2 is 1.78 bits per heavy atom. The lowest BCUT2D eigenvalue weighted by molar-refractivity contribution is -0.138. The van der Waals surface area contributed by atoms with Crippen LogP contribution >= 0.6 is 11.8 Å². The minimum absolute atomic E-state index is 0.0174. The zero-order valence-electron chi connectivity index (χ0n) is 16.3. The molecule has 2 amide bonds. The monoisotopic (exact) mass is 384 g/mol. The van der Waals surface area contributed by atoms with Crippen LogP contribution < -0.4 is 5.32 Å². The molecule has 0 unspecified atom stereocenters. The van der Waals surface area contributed by atoms with Gasteiger partial charge in [0.25, 0.3) is 0 Å². The normalized spacial score (nSPS) is 11.7. The maximum atomic E-state index is 12.9. The van der Waals surface area contributed by atoms with Gasteiger partial charge in [0.1, 0.15) is 6.04 Å². The lowest BCUT2D eigenvalue weighted by Gasteiger charge is -2.28. The summed E-state index contributed by atoms with van der Waals surface area (Å²) in [7, 11) is 0. The number of hydrogen-bond donors (Lipinski definition) is 1. The number of amides is 2. The van der Waals surface area contributed by atoms with Crippen molar-refractivity contribution in [3.8, 4) is 0 Å². The van der Waals surface area contributed by atoms with E-state index in [1.165, 1.54) is 5.56 Å². The number of nitrogens with zero attached hydrogens (tertiary/aromatic N) is 1. The molecule has 27 heavy (non-hydrogen) atoms. The first-order chi connectivity index (χ1) is 13.0. The number of aryl methyl sites for hydroxylation is 1. The first-order valence-corrected chi connectivity index (χ1v) is 10.4. The topological polar surface area (TPSA) is 49.4 Å². The van der Waals surface area contributed by atoms with Crippen molar-refractivity contribution in [2.75, 3.05) is 12.3 Å². The molecule has 0 spiro atoms. The minimum atomic E-state index is -0.504. The highest BCUT2D eigenvalue weighted by atomic mass is 32.2. The van der Waals surface area contributed by atoms with E-state index in [0.717, 1.165) is 16.9 Å². The highest BCUT2D eigenvalue weighted by Crippen LogP contribution is 2.16. The third kappa shape index (κ3) is 6.75. The molecule has 1 atom stereocenters. The van der Waals surface area contributed by atoms with E-state index in [-0.39, 0.29) is 11.8 Å². The van der Waals surface area contributed by atoms with Crippen molar-refractivity contribution in [3.63, 3.8) is 0 Å². The van der Waals surface area contributed by atoms with E-state index in [1.54, 1.807) is 23.6 Å². The smallest absolute Gasteiger partial charge is 0.242 e. The lowest BCUT2D eigenvalue weighted by atomic mass is 10.1. The first-order valence-electron chi connectivity index (χ1n) is 9.25. The van der Waals surface area contributed by atoms with E-state index in [0.29, 0.717) is 18.8 Å². The Hall–Kier alpha value is -2.27. The van der Waals surface area contributed by atoms with Gasteiger partial charge in [0.15, 0.2) is 0 Å². The molecule has 1 N–H and O–H groups in total. The molecule has 0 bridgehead atoms. The summed E-state index contributed by atoms with van der Waals surface area (Å²) in [4.78, 5) is 26.9. The van der Waals surface area contributed by atoms with Gasteiger partial charge in [-0.15, -0.1) is 11.8 Å². The summed E-state index contributed by atoms with van der Waals surface area (Å²) in [6.45, 7) is 6.69. The molecular weight excluding hydrogens is 356 g/mol. The van der Waals surface area contributed by atoms with Gasteiger partial charge in [-0.3, -0.25) is 9.59 Å². The second kappa shape index (κ2) is 10.8. The van der Waals surface area contributed by atoms with Crippen LogP contribution in [0, 0.1) is 6.92 Å². The fourth-order valence-electron chi connectivity index (χ4n) is 2.83. The van der Waals surface area contributed by atoms with Crippen molar-refractivity contribution in [2.45, 2.75) is 39.1 Å². The molecule has 2 rings (SSSR count). The standard InChI is InChI=1S/C22H28N2O2S/c1-4-23-22(26)18(3)24(14-20-12-8-9-17(2)13-20)21(25)16-27-15-19-10-6-5-7-11-19/h5-13,18H,4,14-16H2,1-3H3,(H,23,26)/t18-/m0/s1. The fourth-order valence-corrected chi connectivity index (χ4v) is 3.70. The van der Waals surface area contributed by atoms with Crippen molar-refractivity contribution < 1.29 is 9.59 Å². The largest absolute Gasteiger partial charge is 0.355 e. The maximum Gasteiger partial charge on any atom is 0.242 e. The van der Waals surface area contributed by atoms with E-state index in [2.05, 4.69) is 23.5 Å². The number of nitrogens with one attached hydrogen (secondary N) is 1. The molecule has 4 nitrogen and oxygen atoms in total. The molecule has 0 saturated carbocycles. The molecule has 0 aliphatic heterocycles. The van der Waals surface area contributed by atoms with Crippen LogP contribution in [0.1, 0.15) is 30.5 Å². The van der Waals surface area contributed by atoms with Crippen LogP contribution in [0.5, 0.6) is 0 Å². The maximum absolute atomic E-state index is 12.9.